The topological polar surface area (TPSA) is 101 Å². The number of nitrogens with zero attached hydrogens (tertiary/aromatic N) is 5. The zero-order valence-corrected chi connectivity index (χ0v) is 23.4. The van der Waals surface area contributed by atoms with Gasteiger partial charge in [0.25, 0.3) is 0 Å². The van der Waals surface area contributed by atoms with Crippen LogP contribution in [-0.4, -0.2) is 61.8 Å². The Hall–Kier alpha value is -3.72. The van der Waals surface area contributed by atoms with Gasteiger partial charge in [-0.05, 0) is 32.1 Å². The predicted octanol–water partition coefficient (Wildman–Crippen LogP) is 5.61. The summed E-state index contributed by atoms with van der Waals surface area (Å²) in [6.07, 6.45) is 5.00. The van der Waals surface area contributed by atoms with Gasteiger partial charge in [0, 0.05) is 30.0 Å². The first kappa shape index (κ1) is 26.5. The van der Waals surface area contributed by atoms with Gasteiger partial charge >= 0.3 is 6.01 Å². The van der Waals surface area contributed by atoms with Crippen LogP contribution in [0.15, 0.2) is 24.3 Å². The highest BCUT2D eigenvalue weighted by molar-refractivity contribution is 7.23. The number of halogens is 3. The van der Waals surface area contributed by atoms with Crippen molar-refractivity contribution in [2.45, 2.75) is 6.42 Å². The van der Waals surface area contributed by atoms with E-state index in [1.165, 1.54) is 12.1 Å². The molecule has 0 spiro atoms. The average Bonchev–Trinajstić information content (AvgIpc) is 3.14. The molecule has 2 aromatic heterocycles. The maximum atomic E-state index is 16.7. The Bertz CT molecular complexity index is 1730. The lowest BCUT2D eigenvalue weighted by molar-refractivity contribution is 0.225. The van der Waals surface area contributed by atoms with Crippen LogP contribution >= 0.6 is 22.9 Å². The average molecular weight is 583 g/mol. The molecule has 0 aliphatic carbocycles. The highest BCUT2D eigenvalue weighted by Gasteiger charge is 2.31. The number of aromatic nitrogens is 2. The molecule has 8 nitrogen and oxygen atoms in total. The van der Waals surface area contributed by atoms with Gasteiger partial charge in [0.2, 0.25) is 0 Å². The highest BCUT2D eigenvalue weighted by Crippen LogP contribution is 2.50. The second-order valence-corrected chi connectivity index (χ2v) is 11.5. The van der Waals surface area contributed by atoms with Gasteiger partial charge in [-0.25, -0.2) is 8.78 Å². The van der Waals surface area contributed by atoms with E-state index in [1.807, 2.05) is 25.1 Å². The number of ether oxygens (including phenoxy) is 2. The molecule has 2 bridgehead atoms. The molecule has 2 aliphatic rings. The smallest absolute Gasteiger partial charge is 0.319 e. The van der Waals surface area contributed by atoms with Gasteiger partial charge in [0.05, 0.1) is 33.8 Å². The quantitative estimate of drug-likeness (QED) is 0.311. The van der Waals surface area contributed by atoms with E-state index >= 15 is 4.39 Å². The summed E-state index contributed by atoms with van der Waals surface area (Å²) < 4.78 is 43.7. The van der Waals surface area contributed by atoms with Crippen LogP contribution in [0.3, 0.4) is 0 Å². The van der Waals surface area contributed by atoms with Gasteiger partial charge in [-0.3, -0.25) is 0 Å². The molecular weight excluding hydrogens is 558 g/mol. The standard InChI is InChI=1S/C28H25ClF2N6O2S/c1-36(2)12-14-5-3-4-8-37-9-10-38-24-20-23(34-28(39-13-14)35-27(20)37)22(31)19(21(24)29)15-6-7-17(30)25-18(15)16(11-32)26(33)40-25/h3,5-7,14H,4,8-10,12-13,33H2,1-2H3/b5-3+. The molecule has 40 heavy (non-hydrogen) atoms. The van der Waals surface area contributed by atoms with E-state index in [2.05, 4.69) is 27.0 Å². The Balaban J connectivity index is 1.62. The maximum absolute atomic E-state index is 16.7. The largest absolute Gasteiger partial charge is 0.489 e. The number of hydrogen-bond acceptors (Lipinski definition) is 9. The molecule has 4 aromatic rings. The van der Waals surface area contributed by atoms with Crippen molar-refractivity contribution in [3.05, 3.63) is 46.5 Å². The number of hydrogen-bond donors (Lipinski definition) is 1. The van der Waals surface area contributed by atoms with Gasteiger partial charge in [-0.2, -0.15) is 15.2 Å². The molecular formula is C28H25ClF2N6O2S. The minimum Gasteiger partial charge on any atom is -0.489 e. The van der Waals surface area contributed by atoms with Crippen LogP contribution < -0.4 is 20.1 Å². The fraction of sp³-hybridized carbons (Fsp3) is 0.321. The molecule has 0 fully saturated rings. The molecule has 6 rings (SSSR count). The van der Waals surface area contributed by atoms with Crippen LogP contribution in [0.25, 0.3) is 32.1 Å². The van der Waals surface area contributed by atoms with Crippen LogP contribution in [0, 0.1) is 28.9 Å². The second-order valence-electron chi connectivity index (χ2n) is 10.0. The fourth-order valence-corrected chi connectivity index (χ4v) is 6.61. The number of rotatable bonds is 3. The van der Waals surface area contributed by atoms with Crippen molar-refractivity contribution in [3.63, 3.8) is 0 Å². The fourth-order valence-electron chi connectivity index (χ4n) is 5.33. The Labute approximate surface area is 238 Å². The van der Waals surface area contributed by atoms with Crippen LogP contribution in [0.2, 0.25) is 5.02 Å². The van der Waals surface area contributed by atoms with E-state index in [0.29, 0.717) is 30.9 Å². The highest BCUT2D eigenvalue weighted by atomic mass is 35.5. The van der Waals surface area contributed by atoms with Crippen molar-refractivity contribution in [2.24, 2.45) is 5.92 Å². The molecule has 2 N–H and O–H groups in total. The van der Waals surface area contributed by atoms with E-state index in [1.54, 1.807) is 0 Å². The number of nitrogen functional groups attached to an aromatic ring is 1. The lowest BCUT2D eigenvalue weighted by atomic mass is 9.96. The van der Waals surface area contributed by atoms with Gasteiger partial charge < -0.3 is 25.0 Å². The number of nitriles is 1. The number of benzene rings is 2. The normalized spacial score (nSPS) is 17.8. The minimum atomic E-state index is -0.748. The Morgan fingerprint density at radius 2 is 2.05 bits per heavy atom. The van der Waals surface area contributed by atoms with Gasteiger partial charge in [0.15, 0.2) is 11.6 Å². The second kappa shape index (κ2) is 10.4. The molecule has 12 heteroatoms. The molecule has 2 aliphatic heterocycles. The van der Waals surface area contributed by atoms with Gasteiger partial charge in [-0.1, -0.05) is 29.8 Å². The molecule has 0 radical (unpaired) electrons. The van der Waals surface area contributed by atoms with Crippen LogP contribution in [0.1, 0.15) is 12.0 Å². The van der Waals surface area contributed by atoms with Crippen molar-refractivity contribution in [2.75, 3.05) is 57.6 Å². The summed E-state index contributed by atoms with van der Waals surface area (Å²) in [5, 5.41) is 10.5. The summed E-state index contributed by atoms with van der Waals surface area (Å²) in [6, 6.07) is 4.67. The molecule has 2 aromatic carbocycles. The summed E-state index contributed by atoms with van der Waals surface area (Å²) in [5.41, 5.74) is 6.24. The van der Waals surface area contributed by atoms with Gasteiger partial charge in [0.1, 0.15) is 34.8 Å². The van der Waals surface area contributed by atoms with E-state index in [4.69, 9.17) is 26.8 Å². The first-order valence-electron chi connectivity index (χ1n) is 12.7. The summed E-state index contributed by atoms with van der Waals surface area (Å²) >= 11 is 7.82. The number of thiophene rings is 1. The molecule has 0 saturated carbocycles. The van der Waals surface area contributed by atoms with Crippen molar-refractivity contribution < 1.29 is 18.3 Å². The van der Waals surface area contributed by atoms with Crippen LogP contribution in [0.5, 0.6) is 11.8 Å². The third kappa shape index (κ3) is 4.36. The van der Waals surface area contributed by atoms with Crippen molar-refractivity contribution in [1.82, 2.24) is 14.9 Å². The lowest BCUT2D eigenvalue weighted by Crippen LogP contribution is -2.28. The Kier molecular flexibility index (Phi) is 6.86. The molecule has 206 valence electrons. The third-order valence-corrected chi connectivity index (χ3v) is 8.44. The molecule has 1 unspecified atom stereocenters. The lowest BCUT2D eigenvalue weighted by Gasteiger charge is -2.22. The van der Waals surface area contributed by atoms with Gasteiger partial charge in [-0.15, -0.1) is 11.3 Å². The molecule has 0 amide bonds. The summed E-state index contributed by atoms with van der Waals surface area (Å²) in [4.78, 5) is 13.3. The maximum Gasteiger partial charge on any atom is 0.319 e. The Morgan fingerprint density at radius 3 is 2.83 bits per heavy atom. The number of nitrogens with two attached hydrogens (primary N) is 1. The van der Waals surface area contributed by atoms with E-state index < -0.39 is 11.6 Å². The SMILES string of the molecule is CN(C)CC1/C=C/CCN2CCOc3c(Cl)c(-c4ccc(F)c5sc(N)c(C#N)c45)c(F)c4nc(nc2c34)OC1. The Morgan fingerprint density at radius 1 is 1.23 bits per heavy atom. The minimum absolute atomic E-state index is 0.0119. The summed E-state index contributed by atoms with van der Waals surface area (Å²) in [6.45, 7) is 2.45. The van der Waals surface area contributed by atoms with Crippen molar-refractivity contribution >= 4 is 54.7 Å². The van der Waals surface area contributed by atoms with Crippen molar-refractivity contribution in [1.29, 1.82) is 5.26 Å². The third-order valence-electron chi connectivity index (χ3n) is 7.05. The molecule has 1 atom stereocenters. The molecule has 4 heterocycles. The zero-order chi connectivity index (χ0) is 28.1. The first-order chi connectivity index (χ1) is 19.3. The monoisotopic (exact) mass is 582 g/mol. The first-order valence-corrected chi connectivity index (χ1v) is 13.9. The summed E-state index contributed by atoms with van der Waals surface area (Å²) in [7, 11) is 3.98. The van der Waals surface area contributed by atoms with E-state index in [-0.39, 0.29) is 66.6 Å². The van der Waals surface area contributed by atoms with Crippen molar-refractivity contribution in [3.8, 4) is 29.0 Å². The zero-order valence-electron chi connectivity index (χ0n) is 21.8. The number of fused-ring (bicyclic) bond motifs is 2. The van der Waals surface area contributed by atoms with E-state index in [0.717, 1.165) is 24.3 Å². The predicted molar refractivity (Wildman–Crippen MR) is 153 cm³/mol. The van der Waals surface area contributed by atoms with E-state index in [9.17, 15) is 9.65 Å². The molecule has 0 saturated heterocycles. The summed E-state index contributed by atoms with van der Waals surface area (Å²) in [5.74, 6) is -0.524. The van der Waals surface area contributed by atoms with Crippen LogP contribution in [0.4, 0.5) is 19.6 Å². The number of anilines is 2. The van der Waals surface area contributed by atoms with Crippen LogP contribution in [-0.2, 0) is 0 Å².